The Balaban J connectivity index is 1.36. The molecule has 0 aromatic heterocycles. The van der Waals surface area contributed by atoms with Gasteiger partial charge in [-0.15, -0.1) is 23.2 Å². The van der Waals surface area contributed by atoms with Crippen LogP contribution in [0.3, 0.4) is 0 Å². The number of benzene rings is 3. The minimum atomic E-state index is -1.21. The highest BCUT2D eigenvalue weighted by Crippen LogP contribution is 2.69. The van der Waals surface area contributed by atoms with Crippen LogP contribution in [-0.4, -0.2) is 29.2 Å². The quantitative estimate of drug-likeness (QED) is 0.405. The first-order valence-corrected chi connectivity index (χ1v) is 12.3. The van der Waals surface area contributed by atoms with Gasteiger partial charge in [-0.05, 0) is 40.8 Å². The summed E-state index contributed by atoms with van der Waals surface area (Å²) in [5.41, 5.74) is 4.68. The van der Waals surface area contributed by atoms with E-state index in [-0.39, 0.29) is 30.7 Å². The molecule has 1 heterocycles. The predicted octanol–water partition coefficient (Wildman–Crippen LogP) is 4.92. The number of aryl methyl sites for hydroxylation is 1. The zero-order valence-corrected chi connectivity index (χ0v) is 20.4. The number of alkyl halides is 2. The summed E-state index contributed by atoms with van der Waals surface area (Å²) in [7, 11) is 0. The van der Waals surface area contributed by atoms with Gasteiger partial charge in [-0.3, -0.25) is 19.3 Å². The molecule has 0 saturated carbocycles. The normalized spacial score (nSPS) is 27.9. The lowest BCUT2D eigenvalue weighted by atomic mass is 9.54. The van der Waals surface area contributed by atoms with E-state index in [9.17, 15) is 14.4 Å². The first-order chi connectivity index (χ1) is 16.8. The number of rotatable bonds is 4. The molecule has 0 unspecified atom stereocenters. The van der Waals surface area contributed by atoms with Gasteiger partial charge in [0, 0.05) is 18.7 Å². The Morgan fingerprint density at radius 3 is 1.69 bits per heavy atom. The Bertz CT molecular complexity index is 1300. The standard InChI is InChI=1S/C28H22Cl2N2O3/c1-16-8-2-7-13-21(16)31-22(33)14-15-32-25(34)23-24(26(32)35)28(30)18-10-4-3-9-17(18)27(23,29)19-11-5-6-12-20(19)28/h2-13,23-24H,14-15H2,1H3,(H,31,33)/t23-,24-,27?,28?/m1/s1. The molecule has 1 aliphatic heterocycles. The van der Waals surface area contributed by atoms with Crippen LogP contribution in [0, 0.1) is 18.8 Å². The number of anilines is 1. The van der Waals surface area contributed by atoms with Gasteiger partial charge in [0.05, 0.1) is 11.8 Å². The summed E-state index contributed by atoms with van der Waals surface area (Å²) in [6, 6.07) is 22.5. The van der Waals surface area contributed by atoms with Crippen LogP contribution in [0.25, 0.3) is 0 Å². The average Bonchev–Trinajstić information content (AvgIpc) is 3.13. The number of carbonyl (C=O) groups is 3. The largest absolute Gasteiger partial charge is 0.326 e. The van der Waals surface area contributed by atoms with Crippen LogP contribution in [0.2, 0.25) is 0 Å². The second-order valence-electron chi connectivity index (χ2n) is 9.41. The summed E-state index contributed by atoms with van der Waals surface area (Å²) in [6.45, 7) is 1.87. The summed E-state index contributed by atoms with van der Waals surface area (Å²) >= 11 is 14.8. The monoisotopic (exact) mass is 504 g/mol. The van der Waals surface area contributed by atoms with E-state index < -0.39 is 21.6 Å². The Hall–Kier alpha value is -3.15. The number of imide groups is 1. The van der Waals surface area contributed by atoms with Crippen LogP contribution in [0.5, 0.6) is 0 Å². The fraction of sp³-hybridized carbons (Fsp3) is 0.250. The third-order valence-corrected chi connectivity index (χ3v) is 8.94. The van der Waals surface area contributed by atoms with Crippen LogP contribution in [-0.2, 0) is 24.1 Å². The van der Waals surface area contributed by atoms with Crippen LogP contribution in [0.1, 0.15) is 34.2 Å². The fourth-order valence-corrected chi connectivity index (χ4v) is 7.18. The molecule has 0 spiro atoms. The lowest BCUT2D eigenvalue weighted by Crippen LogP contribution is -2.57. The van der Waals surface area contributed by atoms with Gasteiger partial charge in [0.2, 0.25) is 17.7 Å². The molecule has 2 atom stereocenters. The molecule has 2 bridgehead atoms. The van der Waals surface area contributed by atoms with Crippen LogP contribution in [0.4, 0.5) is 5.69 Å². The second kappa shape index (κ2) is 7.67. The molecule has 3 amide bonds. The Morgan fingerprint density at radius 2 is 1.23 bits per heavy atom. The van der Waals surface area contributed by atoms with Crippen molar-refractivity contribution in [1.82, 2.24) is 4.90 Å². The van der Waals surface area contributed by atoms with Gasteiger partial charge in [-0.2, -0.15) is 0 Å². The summed E-state index contributed by atoms with van der Waals surface area (Å²) in [6.07, 6.45) is -0.0181. The number of halogens is 2. The van der Waals surface area contributed by atoms with Crippen LogP contribution >= 0.6 is 23.2 Å². The van der Waals surface area contributed by atoms with Crippen molar-refractivity contribution < 1.29 is 14.4 Å². The molecular formula is C28H22Cl2N2O3. The molecule has 1 fully saturated rings. The summed E-state index contributed by atoms with van der Waals surface area (Å²) < 4.78 is 0. The first-order valence-electron chi connectivity index (χ1n) is 11.6. The summed E-state index contributed by atoms with van der Waals surface area (Å²) in [4.78, 5) is 38.9. The zero-order chi connectivity index (χ0) is 24.5. The first kappa shape index (κ1) is 22.3. The van der Waals surface area contributed by atoms with Crippen molar-refractivity contribution in [3.63, 3.8) is 0 Å². The molecule has 1 saturated heterocycles. The van der Waals surface area contributed by atoms with E-state index in [1.807, 2.05) is 79.7 Å². The van der Waals surface area contributed by atoms with E-state index >= 15 is 0 Å². The Kier molecular flexibility index (Phi) is 4.89. The number of para-hydroxylation sites is 1. The van der Waals surface area contributed by atoms with E-state index in [0.717, 1.165) is 27.8 Å². The fourth-order valence-electron chi connectivity index (χ4n) is 6.08. The van der Waals surface area contributed by atoms with Crippen molar-refractivity contribution in [2.75, 3.05) is 11.9 Å². The highest BCUT2D eigenvalue weighted by molar-refractivity contribution is 6.36. The average molecular weight is 505 g/mol. The number of carbonyl (C=O) groups excluding carboxylic acids is 3. The van der Waals surface area contributed by atoms with Gasteiger partial charge in [0.1, 0.15) is 9.75 Å². The maximum Gasteiger partial charge on any atom is 0.235 e. The Morgan fingerprint density at radius 1 is 0.800 bits per heavy atom. The zero-order valence-electron chi connectivity index (χ0n) is 18.9. The molecule has 5 nitrogen and oxygen atoms in total. The molecule has 7 rings (SSSR count). The van der Waals surface area contributed by atoms with Gasteiger partial charge >= 0.3 is 0 Å². The number of amides is 3. The van der Waals surface area contributed by atoms with E-state index in [1.54, 1.807) is 0 Å². The maximum atomic E-state index is 13.8. The number of hydrogen-bond acceptors (Lipinski definition) is 3. The van der Waals surface area contributed by atoms with Gasteiger partial charge in [-0.1, -0.05) is 66.7 Å². The van der Waals surface area contributed by atoms with Crippen LogP contribution in [0.15, 0.2) is 72.8 Å². The highest BCUT2D eigenvalue weighted by atomic mass is 35.5. The minimum Gasteiger partial charge on any atom is -0.326 e. The van der Waals surface area contributed by atoms with Gasteiger partial charge in [-0.25, -0.2) is 0 Å². The molecule has 4 aliphatic rings. The molecule has 7 heteroatoms. The second-order valence-corrected chi connectivity index (χ2v) is 10.6. The van der Waals surface area contributed by atoms with E-state index in [4.69, 9.17) is 23.2 Å². The molecule has 3 aromatic carbocycles. The third kappa shape index (κ3) is 2.85. The lowest BCUT2D eigenvalue weighted by molar-refractivity contribution is -0.140. The van der Waals surface area contributed by atoms with E-state index in [1.165, 1.54) is 4.90 Å². The molecule has 3 aliphatic carbocycles. The van der Waals surface area contributed by atoms with Gasteiger partial charge in [0.25, 0.3) is 0 Å². The number of likely N-dealkylation sites (tertiary alicyclic amines) is 1. The van der Waals surface area contributed by atoms with Crippen LogP contribution < -0.4 is 5.32 Å². The molecule has 35 heavy (non-hydrogen) atoms. The summed E-state index contributed by atoms with van der Waals surface area (Å²) in [5, 5.41) is 2.86. The van der Waals surface area contributed by atoms with Crippen molar-refractivity contribution in [3.8, 4) is 0 Å². The topological polar surface area (TPSA) is 66.5 Å². The molecular weight excluding hydrogens is 483 g/mol. The smallest absolute Gasteiger partial charge is 0.235 e. The lowest BCUT2D eigenvalue weighted by Gasteiger charge is -2.54. The SMILES string of the molecule is Cc1ccccc1NC(=O)CCN1C(=O)[C@H]2[C@H](C1=O)C1(Cl)c3ccccc3C2(Cl)c2ccccc21. The number of nitrogens with zero attached hydrogens (tertiary/aromatic N) is 1. The highest BCUT2D eigenvalue weighted by Gasteiger charge is 2.72. The van der Waals surface area contributed by atoms with E-state index in [2.05, 4.69) is 5.32 Å². The molecule has 0 radical (unpaired) electrons. The Labute approximate surface area is 213 Å². The number of nitrogens with one attached hydrogen (secondary N) is 1. The summed E-state index contributed by atoms with van der Waals surface area (Å²) in [5.74, 6) is -2.73. The van der Waals surface area contributed by atoms with E-state index in [0.29, 0.717) is 5.69 Å². The molecule has 3 aromatic rings. The molecule has 1 N–H and O–H groups in total. The van der Waals surface area contributed by atoms with Gasteiger partial charge < -0.3 is 5.32 Å². The number of hydrogen-bond donors (Lipinski definition) is 1. The molecule has 176 valence electrons. The predicted molar refractivity (Wildman–Crippen MR) is 134 cm³/mol. The minimum absolute atomic E-state index is 0.0181. The van der Waals surface area contributed by atoms with Crippen molar-refractivity contribution in [3.05, 3.63) is 101 Å². The van der Waals surface area contributed by atoms with Crippen molar-refractivity contribution in [1.29, 1.82) is 0 Å². The maximum absolute atomic E-state index is 13.8. The van der Waals surface area contributed by atoms with Crippen molar-refractivity contribution >= 4 is 46.6 Å². The third-order valence-electron chi connectivity index (χ3n) is 7.66. The van der Waals surface area contributed by atoms with Crippen molar-refractivity contribution in [2.45, 2.75) is 23.1 Å². The van der Waals surface area contributed by atoms with Gasteiger partial charge in [0.15, 0.2) is 0 Å². The van der Waals surface area contributed by atoms with Crippen molar-refractivity contribution in [2.24, 2.45) is 11.8 Å².